The first-order valence-corrected chi connectivity index (χ1v) is 7.33. The molecule has 5 heteroatoms. The number of rotatable bonds is 7. The molecule has 1 N–H and O–H groups in total. The molecule has 1 aliphatic rings. The number of hydrogen-bond donors (Lipinski definition) is 1. The second kappa shape index (κ2) is 7.62. The molecule has 0 bridgehead atoms. The van der Waals surface area contributed by atoms with E-state index in [0.29, 0.717) is 0 Å². The van der Waals surface area contributed by atoms with Gasteiger partial charge in [0.15, 0.2) is 0 Å². The van der Waals surface area contributed by atoms with Crippen LogP contribution in [-0.2, 0) is 17.8 Å². The summed E-state index contributed by atoms with van der Waals surface area (Å²) in [5.41, 5.74) is 2.39. The molecule has 5 nitrogen and oxygen atoms in total. The van der Waals surface area contributed by atoms with Gasteiger partial charge in [0.25, 0.3) is 0 Å². The van der Waals surface area contributed by atoms with Gasteiger partial charge in [-0.3, -0.25) is 9.58 Å². The monoisotopic (exact) mass is 266 g/mol. The van der Waals surface area contributed by atoms with Gasteiger partial charge in [-0.2, -0.15) is 5.10 Å². The van der Waals surface area contributed by atoms with Gasteiger partial charge < -0.3 is 10.1 Å². The number of nitrogens with zero attached hydrogens (tertiary/aromatic N) is 3. The first-order valence-electron chi connectivity index (χ1n) is 7.33. The highest BCUT2D eigenvalue weighted by molar-refractivity contribution is 5.08. The second-order valence-corrected chi connectivity index (χ2v) is 5.08. The van der Waals surface area contributed by atoms with E-state index >= 15 is 0 Å². The van der Waals surface area contributed by atoms with Crippen LogP contribution in [0.3, 0.4) is 0 Å². The lowest BCUT2D eigenvalue weighted by atomic mass is 10.3. The normalized spacial score (nSPS) is 16.9. The number of hydrogen-bond acceptors (Lipinski definition) is 4. The largest absolute Gasteiger partial charge is 0.379 e. The standard InChI is InChI=1S/C14H26N4O/c1-3-18-14(11-13(2)16-18)12-15-5-4-6-17-7-9-19-10-8-17/h11,15H,3-10,12H2,1-2H3. The van der Waals surface area contributed by atoms with Gasteiger partial charge in [-0.15, -0.1) is 0 Å². The van der Waals surface area contributed by atoms with Crippen molar-refractivity contribution in [3.8, 4) is 0 Å². The van der Waals surface area contributed by atoms with E-state index in [4.69, 9.17) is 4.74 Å². The third-order valence-electron chi connectivity index (χ3n) is 3.52. The molecule has 1 saturated heterocycles. The van der Waals surface area contributed by atoms with Gasteiger partial charge in [0.05, 0.1) is 24.6 Å². The molecular formula is C14H26N4O. The maximum atomic E-state index is 5.35. The summed E-state index contributed by atoms with van der Waals surface area (Å²) in [6.07, 6.45) is 1.19. The van der Waals surface area contributed by atoms with Gasteiger partial charge in [-0.25, -0.2) is 0 Å². The number of nitrogens with one attached hydrogen (secondary N) is 1. The van der Waals surface area contributed by atoms with E-state index in [1.54, 1.807) is 0 Å². The van der Waals surface area contributed by atoms with E-state index in [1.165, 1.54) is 18.7 Å². The predicted molar refractivity (Wildman–Crippen MR) is 76.2 cm³/mol. The van der Waals surface area contributed by atoms with Gasteiger partial charge in [0.1, 0.15) is 0 Å². The fraction of sp³-hybridized carbons (Fsp3) is 0.786. The third-order valence-corrected chi connectivity index (χ3v) is 3.52. The van der Waals surface area contributed by atoms with Crippen molar-refractivity contribution in [3.63, 3.8) is 0 Å². The first-order chi connectivity index (χ1) is 9.29. The van der Waals surface area contributed by atoms with Crippen LogP contribution in [0.2, 0.25) is 0 Å². The van der Waals surface area contributed by atoms with Crippen molar-refractivity contribution >= 4 is 0 Å². The van der Waals surface area contributed by atoms with E-state index in [9.17, 15) is 0 Å². The van der Waals surface area contributed by atoms with Gasteiger partial charge in [0.2, 0.25) is 0 Å². The molecule has 1 aliphatic heterocycles. The van der Waals surface area contributed by atoms with Crippen molar-refractivity contribution in [3.05, 3.63) is 17.5 Å². The molecule has 0 aliphatic carbocycles. The zero-order valence-electron chi connectivity index (χ0n) is 12.2. The van der Waals surface area contributed by atoms with E-state index < -0.39 is 0 Å². The molecular weight excluding hydrogens is 240 g/mol. The molecule has 0 atom stereocenters. The van der Waals surface area contributed by atoms with Crippen LogP contribution in [0.1, 0.15) is 24.7 Å². The molecule has 19 heavy (non-hydrogen) atoms. The number of morpholine rings is 1. The molecule has 1 fully saturated rings. The van der Waals surface area contributed by atoms with Crippen molar-refractivity contribution in [2.24, 2.45) is 0 Å². The third kappa shape index (κ3) is 4.60. The zero-order chi connectivity index (χ0) is 13.5. The highest BCUT2D eigenvalue weighted by Crippen LogP contribution is 2.03. The highest BCUT2D eigenvalue weighted by atomic mass is 16.5. The zero-order valence-corrected chi connectivity index (χ0v) is 12.2. The quantitative estimate of drug-likeness (QED) is 0.748. The van der Waals surface area contributed by atoms with E-state index in [2.05, 4.69) is 33.0 Å². The van der Waals surface area contributed by atoms with Crippen LogP contribution >= 0.6 is 0 Å². The van der Waals surface area contributed by atoms with Crippen molar-refractivity contribution < 1.29 is 4.74 Å². The minimum absolute atomic E-state index is 0.891. The van der Waals surface area contributed by atoms with Gasteiger partial charge in [0, 0.05) is 26.2 Å². The number of ether oxygens (including phenoxy) is 1. The molecule has 0 spiro atoms. The Hall–Kier alpha value is -0.910. The lowest BCUT2D eigenvalue weighted by Crippen LogP contribution is -2.37. The topological polar surface area (TPSA) is 42.3 Å². The van der Waals surface area contributed by atoms with Crippen LogP contribution < -0.4 is 5.32 Å². The molecule has 0 saturated carbocycles. The van der Waals surface area contributed by atoms with Crippen molar-refractivity contribution in [2.75, 3.05) is 39.4 Å². The molecule has 0 radical (unpaired) electrons. The van der Waals surface area contributed by atoms with Crippen LogP contribution in [0.4, 0.5) is 0 Å². The Balaban J connectivity index is 1.60. The fourth-order valence-corrected chi connectivity index (χ4v) is 2.48. The Morgan fingerprint density at radius 3 is 2.89 bits per heavy atom. The average Bonchev–Trinajstić information content (AvgIpc) is 2.80. The Morgan fingerprint density at radius 1 is 1.37 bits per heavy atom. The van der Waals surface area contributed by atoms with Crippen LogP contribution in [0.25, 0.3) is 0 Å². The SMILES string of the molecule is CCn1nc(C)cc1CNCCCN1CCOCC1. The van der Waals surface area contributed by atoms with Crippen LogP contribution in [-0.4, -0.2) is 54.1 Å². The van der Waals surface area contributed by atoms with E-state index in [-0.39, 0.29) is 0 Å². The summed E-state index contributed by atoms with van der Waals surface area (Å²) in [5, 5.41) is 7.97. The summed E-state index contributed by atoms with van der Waals surface area (Å²) >= 11 is 0. The Morgan fingerprint density at radius 2 is 2.16 bits per heavy atom. The van der Waals surface area contributed by atoms with Crippen molar-refractivity contribution in [2.45, 2.75) is 33.4 Å². The summed E-state index contributed by atoms with van der Waals surface area (Å²) in [4.78, 5) is 2.48. The van der Waals surface area contributed by atoms with Crippen LogP contribution in [0.15, 0.2) is 6.07 Å². The summed E-state index contributed by atoms with van der Waals surface area (Å²) in [6.45, 7) is 12.2. The molecule has 108 valence electrons. The highest BCUT2D eigenvalue weighted by Gasteiger charge is 2.09. The van der Waals surface area contributed by atoms with Crippen LogP contribution in [0.5, 0.6) is 0 Å². The molecule has 2 heterocycles. The van der Waals surface area contributed by atoms with E-state index in [0.717, 1.165) is 51.6 Å². The van der Waals surface area contributed by atoms with Gasteiger partial charge in [-0.1, -0.05) is 0 Å². The minimum Gasteiger partial charge on any atom is -0.379 e. The minimum atomic E-state index is 0.891. The Labute approximate surface area is 115 Å². The predicted octanol–water partition coefficient (Wildman–Crippen LogP) is 1.02. The van der Waals surface area contributed by atoms with Gasteiger partial charge in [-0.05, 0) is 39.4 Å². The number of aryl methyl sites for hydroxylation is 2. The van der Waals surface area contributed by atoms with E-state index in [1.807, 2.05) is 6.92 Å². The molecule has 0 amide bonds. The van der Waals surface area contributed by atoms with Gasteiger partial charge >= 0.3 is 0 Å². The summed E-state index contributed by atoms with van der Waals surface area (Å²) in [6, 6.07) is 2.17. The lowest BCUT2D eigenvalue weighted by Gasteiger charge is -2.26. The lowest BCUT2D eigenvalue weighted by molar-refractivity contribution is 0.0374. The molecule has 0 aromatic carbocycles. The maximum Gasteiger partial charge on any atom is 0.0597 e. The second-order valence-electron chi connectivity index (χ2n) is 5.08. The molecule has 2 rings (SSSR count). The Kier molecular flexibility index (Phi) is 5.82. The summed E-state index contributed by atoms with van der Waals surface area (Å²) in [5.74, 6) is 0. The van der Waals surface area contributed by atoms with Crippen LogP contribution in [0, 0.1) is 6.92 Å². The van der Waals surface area contributed by atoms with Crippen molar-refractivity contribution in [1.82, 2.24) is 20.0 Å². The molecule has 1 aromatic rings. The average molecular weight is 266 g/mol. The smallest absolute Gasteiger partial charge is 0.0597 e. The molecule has 1 aromatic heterocycles. The van der Waals surface area contributed by atoms with Crippen molar-refractivity contribution in [1.29, 1.82) is 0 Å². The summed E-state index contributed by atoms with van der Waals surface area (Å²) in [7, 11) is 0. The number of aromatic nitrogens is 2. The molecule has 0 unspecified atom stereocenters. The first kappa shape index (κ1) is 14.5. The maximum absolute atomic E-state index is 5.35. The Bertz CT molecular complexity index is 372. The summed E-state index contributed by atoms with van der Waals surface area (Å²) < 4.78 is 7.42. The fourth-order valence-electron chi connectivity index (χ4n) is 2.48.